The van der Waals surface area contributed by atoms with Crippen LogP contribution in [0.15, 0.2) is 0 Å². The van der Waals surface area contributed by atoms with Gasteiger partial charge in [-0.25, -0.2) is 0 Å². The first-order chi connectivity index (χ1) is 5.54. The van der Waals surface area contributed by atoms with Crippen molar-refractivity contribution in [1.82, 2.24) is 5.32 Å². The van der Waals surface area contributed by atoms with Crippen LogP contribution in [-0.2, 0) is 0 Å². The molecule has 0 fully saturated rings. The predicted octanol–water partition coefficient (Wildman–Crippen LogP) is -2.33. The van der Waals surface area contributed by atoms with Gasteiger partial charge in [0.1, 0.15) is 12.2 Å². The first kappa shape index (κ1) is 11.8. The molecule has 5 N–H and O–H groups in total. The van der Waals surface area contributed by atoms with Gasteiger partial charge in [-0.15, -0.1) is 0 Å². The molecular formula is C7H17NO4. The van der Waals surface area contributed by atoms with E-state index < -0.39 is 24.9 Å². The molecule has 0 aromatic heterocycles. The van der Waals surface area contributed by atoms with Gasteiger partial charge in [-0.3, -0.25) is 0 Å². The monoisotopic (exact) mass is 179 g/mol. The molecule has 0 saturated carbocycles. The summed E-state index contributed by atoms with van der Waals surface area (Å²) in [6, 6.07) is -0.332. The lowest BCUT2D eigenvalue weighted by atomic mass is 10.0. The second-order valence-corrected chi connectivity index (χ2v) is 2.81. The zero-order valence-electron chi connectivity index (χ0n) is 7.31. The Morgan fingerprint density at radius 2 is 1.67 bits per heavy atom. The third kappa shape index (κ3) is 3.04. The van der Waals surface area contributed by atoms with E-state index in [9.17, 15) is 10.2 Å². The van der Waals surface area contributed by atoms with Crippen molar-refractivity contribution >= 4 is 0 Å². The third-order valence-corrected chi connectivity index (χ3v) is 1.90. The van der Waals surface area contributed by atoms with E-state index in [1.807, 2.05) is 0 Å². The second kappa shape index (κ2) is 5.45. The molecule has 0 aliphatic rings. The van der Waals surface area contributed by atoms with Gasteiger partial charge in [0.15, 0.2) is 0 Å². The highest BCUT2D eigenvalue weighted by Crippen LogP contribution is 2.03. The summed E-state index contributed by atoms with van der Waals surface area (Å²) in [7, 11) is 1.63. The largest absolute Gasteiger partial charge is 0.394 e. The molecule has 0 radical (unpaired) electrons. The zero-order chi connectivity index (χ0) is 9.72. The van der Waals surface area contributed by atoms with Gasteiger partial charge in [0.05, 0.1) is 12.7 Å². The molecule has 0 aromatic rings. The Labute approximate surface area is 71.7 Å². The lowest BCUT2D eigenvalue weighted by Crippen LogP contribution is -2.48. The lowest BCUT2D eigenvalue weighted by Gasteiger charge is -2.25. The Balaban J connectivity index is 3.99. The molecule has 0 aliphatic heterocycles. The standard InChI is InChI=1S/C7H17NO4/c1-4(8-2)6(11)7(12)5(10)3-9/h4-12H,3H2,1-2H3/t4-,5?,6?,7?/m0/s1. The number of hydrogen-bond donors (Lipinski definition) is 5. The van der Waals surface area contributed by atoms with Gasteiger partial charge in [-0.1, -0.05) is 0 Å². The summed E-state index contributed by atoms with van der Waals surface area (Å²) in [5.41, 5.74) is 0. The van der Waals surface area contributed by atoms with Gasteiger partial charge in [0, 0.05) is 6.04 Å². The van der Waals surface area contributed by atoms with Crippen molar-refractivity contribution < 1.29 is 20.4 Å². The molecule has 0 amide bonds. The van der Waals surface area contributed by atoms with E-state index in [1.54, 1.807) is 14.0 Å². The van der Waals surface area contributed by atoms with Gasteiger partial charge in [-0.05, 0) is 14.0 Å². The van der Waals surface area contributed by atoms with E-state index >= 15 is 0 Å². The molecule has 0 aromatic carbocycles. The first-order valence-electron chi connectivity index (χ1n) is 3.87. The molecular weight excluding hydrogens is 162 g/mol. The van der Waals surface area contributed by atoms with E-state index in [2.05, 4.69) is 5.32 Å². The van der Waals surface area contributed by atoms with Crippen molar-refractivity contribution in [3.05, 3.63) is 0 Å². The van der Waals surface area contributed by atoms with Crippen LogP contribution in [0.2, 0.25) is 0 Å². The fraction of sp³-hybridized carbons (Fsp3) is 1.00. The van der Waals surface area contributed by atoms with Crippen molar-refractivity contribution in [1.29, 1.82) is 0 Å². The molecule has 5 nitrogen and oxygen atoms in total. The van der Waals surface area contributed by atoms with Crippen LogP contribution >= 0.6 is 0 Å². The lowest BCUT2D eigenvalue weighted by molar-refractivity contribution is -0.0844. The Kier molecular flexibility index (Phi) is 5.36. The second-order valence-electron chi connectivity index (χ2n) is 2.81. The van der Waals surface area contributed by atoms with Crippen molar-refractivity contribution in [2.75, 3.05) is 13.7 Å². The van der Waals surface area contributed by atoms with Crippen LogP contribution in [0.4, 0.5) is 0 Å². The highest BCUT2D eigenvalue weighted by atomic mass is 16.4. The summed E-state index contributed by atoms with van der Waals surface area (Å²) >= 11 is 0. The zero-order valence-corrected chi connectivity index (χ0v) is 7.31. The molecule has 0 heterocycles. The molecule has 0 spiro atoms. The van der Waals surface area contributed by atoms with E-state index in [-0.39, 0.29) is 6.04 Å². The summed E-state index contributed by atoms with van der Waals surface area (Å²) in [5.74, 6) is 0. The summed E-state index contributed by atoms with van der Waals surface area (Å²) in [6.07, 6.45) is -3.70. The Morgan fingerprint density at radius 3 is 2.00 bits per heavy atom. The highest BCUT2D eigenvalue weighted by molar-refractivity contribution is 4.81. The third-order valence-electron chi connectivity index (χ3n) is 1.90. The minimum absolute atomic E-state index is 0.332. The maximum Gasteiger partial charge on any atom is 0.109 e. The molecule has 12 heavy (non-hydrogen) atoms. The van der Waals surface area contributed by atoms with Crippen molar-refractivity contribution in [2.24, 2.45) is 0 Å². The molecule has 3 unspecified atom stereocenters. The Morgan fingerprint density at radius 1 is 1.17 bits per heavy atom. The smallest absolute Gasteiger partial charge is 0.109 e. The van der Waals surface area contributed by atoms with E-state index in [4.69, 9.17) is 10.2 Å². The van der Waals surface area contributed by atoms with Crippen molar-refractivity contribution in [2.45, 2.75) is 31.3 Å². The summed E-state index contributed by atoms with van der Waals surface area (Å²) in [6.45, 7) is 1.10. The molecule has 74 valence electrons. The topological polar surface area (TPSA) is 93.0 Å². The van der Waals surface area contributed by atoms with Crippen LogP contribution in [-0.4, -0.2) is 58.4 Å². The Hall–Kier alpha value is -0.200. The maximum atomic E-state index is 9.30. The van der Waals surface area contributed by atoms with Gasteiger partial charge in [-0.2, -0.15) is 0 Å². The number of nitrogens with one attached hydrogen (secondary N) is 1. The van der Waals surface area contributed by atoms with E-state index in [0.29, 0.717) is 0 Å². The quantitative estimate of drug-likeness (QED) is 0.326. The van der Waals surface area contributed by atoms with E-state index in [0.717, 1.165) is 0 Å². The summed E-state index contributed by atoms with van der Waals surface area (Å²) in [4.78, 5) is 0. The minimum Gasteiger partial charge on any atom is -0.394 e. The van der Waals surface area contributed by atoms with Crippen LogP contribution in [0.25, 0.3) is 0 Å². The van der Waals surface area contributed by atoms with Crippen molar-refractivity contribution in [3.8, 4) is 0 Å². The minimum atomic E-state index is -1.32. The van der Waals surface area contributed by atoms with Gasteiger partial charge in [0.25, 0.3) is 0 Å². The maximum absolute atomic E-state index is 9.30. The molecule has 0 aliphatic carbocycles. The average molecular weight is 179 g/mol. The normalized spacial score (nSPS) is 21.5. The van der Waals surface area contributed by atoms with Crippen LogP contribution < -0.4 is 5.32 Å². The van der Waals surface area contributed by atoms with Gasteiger partial charge >= 0.3 is 0 Å². The van der Waals surface area contributed by atoms with Crippen molar-refractivity contribution in [3.63, 3.8) is 0 Å². The van der Waals surface area contributed by atoms with Crippen LogP contribution in [0, 0.1) is 0 Å². The SMILES string of the molecule is CN[C@@H](C)C(O)C(O)C(O)CO. The number of aliphatic hydroxyl groups is 4. The number of likely N-dealkylation sites (N-methyl/N-ethyl adjacent to an activating group) is 1. The van der Waals surface area contributed by atoms with Crippen LogP contribution in [0.3, 0.4) is 0 Å². The van der Waals surface area contributed by atoms with E-state index in [1.165, 1.54) is 0 Å². The molecule has 0 saturated heterocycles. The highest BCUT2D eigenvalue weighted by Gasteiger charge is 2.27. The Bertz CT molecular complexity index is 108. The van der Waals surface area contributed by atoms with Gasteiger partial charge in [0.2, 0.25) is 0 Å². The van der Waals surface area contributed by atoms with Crippen LogP contribution in [0.5, 0.6) is 0 Å². The number of rotatable bonds is 5. The fourth-order valence-corrected chi connectivity index (χ4v) is 0.802. The fourth-order valence-electron chi connectivity index (χ4n) is 0.802. The summed E-state index contributed by atoms with van der Waals surface area (Å²) in [5, 5.41) is 38.6. The number of hydrogen-bond acceptors (Lipinski definition) is 5. The molecule has 4 atom stereocenters. The molecule has 0 rings (SSSR count). The first-order valence-corrected chi connectivity index (χ1v) is 3.87. The van der Waals surface area contributed by atoms with Crippen LogP contribution in [0.1, 0.15) is 6.92 Å². The molecule has 0 bridgehead atoms. The predicted molar refractivity (Wildman–Crippen MR) is 43.6 cm³/mol. The average Bonchev–Trinajstić information content (AvgIpc) is 2.12. The summed E-state index contributed by atoms with van der Waals surface area (Å²) < 4.78 is 0. The number of aliphatic hydroxyl groups excluding tert-OH is 4. The van der Waals surface area contributed by atoms with Gasteiger partial charge < -0.3 is 25.7 Å². The molecule has 5 heteroatoms.